The predicted octanol–water partition coefficient (Wildman–Crippen LogP) is 3.86. The number of aryl methyl sites for hydroxylation is 2. The van der Waals surface area contributed by atoms with Gasteiger partial charge in [0, 0.05) is 18.5 Å². The maximum atomic E-state index is 12.0. The Kier molecular flexibility index (Phi) is 5.29. The number of hydrogen-bond donors (Lipinski definition) is 1. The number of rotatable bonds is 6. The molecule has 0 bridgehead atoms. The molecule has 1 amide bonds. The number of nitrogens with one attached hydrogen (secondary N) is 1. The van der Waals surface area contributed by atoms with Crippen molar-refractivity contribution in [3.63, 3.8) is 0 Å². The van der Waals surface area contributed by atoms with E-state index in [0.717, 1.165) is 22.6 Å². The fraction of sp³-hybridized carbons (Fsp3) is 0.238. The van der Waals surface area contributed by atoms with Crippen LogP contribution in [0.4, 0.5) is 0 Å². The number of benzene rings is 2. The molecule has 0 aliphatic rings. The quantitative estimate of drug-likeness (QED) is 0.745. The minimum absolute atomic E-state index is 0.0195. The summed E-state index contributed by atoms with van der Waals surface area (Å²) in [6.07, 6.45) is 1.05. The Balaban J connectivity index is 1.55. The van der Waals surface area contributed by atoms with Crippen LogP contribution in [-0.2, 0) is 17.6 Å². The number of oxazole rings is 1. The first-order valence-corrected chi connectivity index (χ1v) is 8.46. The number of amides is 1. The second-order valence-corrected chi connectivity index (χ2v) is 6.15. The van der Waals surface area contributed by atoms with Gasteiger partial charge in [-0.3, -0.25) is 4.79 Å². The predicted molar refractivity (Wildman–Crippen MR) is 98.3 cm³/mol. The Morgan fingerprint density at radius 1 is 1.04 bits per heavy atom. The van der Waals surface area contributed by atoms with E-state index in [2.05, 4.69) is 10.3 Å². The standard InChI is InChI=1S/C21H22N2O2/c1-15-8-10-18(11-9-15)21-23-19(16(2)25-21)12-13-22-20(24)14-17-6-4-3-5-7-17/h3-11H,12-14H2,1-2H3,(H,22,24). The van der Waals surface area contributed by atoms with Crippen molar-refractivity contribution in [3.8, 4) is 11.5 Å². The molecule has 4 heteroatoms. The zero-order valence-corrected chi connectivity index (χ0v) is 14.6. The van der Waals surface area contributed by atoms with Crippen molar-refractivity contribution in [3.05, 3.63) is 77.2 Å². The summed E-state index contributed by atoms with van der Waals surface area (Å²) >= 11 is 0. The third-order valence-electron chi connectivity index (χ3n) is 4.08. The van der Waals surface area contributed by atoms with Crippen molar-refractivity contribution in [1.82, 2.24) is 10.3 Å². The number of hydrogen-bond acceptors (Lipinski definition) is 3. The molecule has 0 spiro atoms. The highest BCUT2D eigenvalue weighted by atomic mass is 16.4. The molecule has 0 fully saturated rings. The Morgan fingerprint density at radius 3 is 2.48 bits per heavy atom. The molecule has 0 saturated carbocycles. The molecule has 128 valence electrons. The van der Waals surface area contributed by atoms with Gasteiger partial charge in [-0.05, 0) is 31.5 Å². The molecule has 1 aromatic heterocycles. The van der Waals surface area contributed by atoms with E-state index in [-0.39, 0.29) is 5.91 Å². The lowest BCUT2D eigenvalue weighted by Gasteiger charge is -2.04. The van der Waals surface area contributed by atoms with Gasteiger partial charge in [-0.25, -0.2) is 4.98 Å². The summed E-state index contributed by atoms with van der Waals surface area (Å²) in [5.74, 6) is 1.45. The summed E-state index contributed by atoms with van der Waals surface area (Å²) < 4.78 is 5.77. The molecule has 25 heavy (non-hydrogen) atoms. The monoisotopic (exact) mass is 334 g/mol. The molecule has 1 N–H and O–H groups in total. The van der Waals surface area contributed by atoms with Crippen LogP contribution in [0, 0.1) is 13.8 Å². The van der Waals surface area contributed by atoms with Gasteiger partial charge in [0.1, 0.15) is 5.76 Å². The van der Waals surface area contributed by atoms with Crippen LogP contribution in [0.3, 0.4) is 0 Å². The van der Waals surface area contributed by atoms with Gasteiger partial charge >= 0.3 is 0 Å². The number of aromatic nitrogens is 1. The maximum Gasteiger partial charge on any atom is 0.226 e. The van der Waals surface area contributed by atoms with Crippen LogP contribution < -0.4 is 5.32 Å². The Bertz CT molecular complexity index is 836. The van der Waals surface area contributed by atoms with Crippen LogP contribution in [-0.4, -0.2) is 17.4 Å². The molecule has 0 unspecified atom stereocenters. The largest absolute Gasteiger partial charge is 0.441 e. The van der Waals surface area contributed by atoms with Crippen LogP contribution in [0.5, 0.6) is 0 Å². The Hall–Kier alpha value is -2.88. The lowest BCUT2D eigenvalue weighted by Crippen LogP contribution is -2.27. The normalized spacial score (nSPS) is 10.6. The molecule has 3 rings (SSSR count). The lowest BCUT2D eigenvalue weighted by atomic mass is 10.1. The van der Waals surface area contributed by atoms with Gasteiger partial charge in [-0.15, -0.1) is 0 Å². The van der Waals surface area contributed by atoms with Gasteiger partial charge in [0.25, 0.3) is 0 Å². The summed E-state index contributed by atoms with van der Waals surface area (Å²) in [5, 5.41) is 2.94. The first-order chi connectivity index (χ1) is 12.1. The highest BCUT2D eigenvalue weighted by Gasteiger charge is 2.11. The molecule has 4 nitrogen and oxygen atoms in total. The van der Waals surface area contributed by atoms with Crippen LogP contribution in [0.25, 0.3) is 11.5 Å². The van der Waals surface area contributed by atoms with E-state index in [1.807, 2.05) is 68.4 Å². The van der Waals surface area contributed by atoms with Crippen LogP contribution in [0.15, 0.2) is 59.0 Å². The second-order valence-electron chi connectivity index (χ2n) is 6.15. The van der Waals surface area contributed by atoms with Crippen molar-refractivity contribution in [2.24, 2.45) is 0 Å². The van der Waals surface area contributed by atoms with Gasteiger partial charge in [0.2, 0.25) is 11.8 Å². The average molecular weight is 334 g/mol. The first kappa shape index (κ1) is 17.0. The zero-order valence-electron chi connectivity index (χ0n) is 14.6. The van der Waals surface area contributed by atoms with E-state index in [4.69, 9.17) is 4.42 Å². The fourth-order valence-electron chi connectivity index (χ4n) is 2.64. The highest BCUT2D eigenvalue weighted by molar-refractivity contribution is 5.78. The molecule has 0 aliphatic heterocycles. The molecule has 1 heterocycles. The maximum absolute atomic E-state index is 12.0. The Labute approximate surface area is 147 Å². The van der Waals surface area contributed by atoms with Crippen LogP contribution in [0.1, 0.15) is 22.6 Å². The molecule has 2 aromatic carbocycles. The van der Waals surface area contributed by atoms with E-state index in [0.29, 0.717) is 25.3 Å². The van der Waals surface area contributed by atoms with Crippen molar-refractivity contribution in [1.29, 1.82) is 0 Å². The van der Waals surface area contributed by atoms with Crippen LogP contribution >= 0.6 is 0 Å². The second kappa shape index (κ2) is 7.79. The molecule has 0 aliphatic carbocycles. The van der Waals surface area contributed by atoms with E-state index in [1.54, 1.807) is 0 Å². The molecular weight excluding hydrogens is 312 g/mol. The zero-order chi connectivity index (χ0) is 17.6. The van der Waals surface area contributed by atoms with Crippen molar-refractivity contribution < 1.29 is 9.21 Å². The summed E-state index contributed by atoms with van der Waals surface area (Å²) in [6.45, 7) is 4.51. The van der Waals surface area contributed by atoms with E-state index in [1.165, 1.54) is 5.56 Å². The topological polar surface area (TPSA) is 55.1 Å². The summed E-state index contributed by atoms with van der Waals surface area (Å²) in [6, 6.07) is 17.8. The summed E-state index contributed by atoms with van der Waals surface area (Å²) in [5.41, 5.74) is 4.07. The highest BCUT2D eigenvalue weighted by Crippen LogP contribution is 2.22. The minimum Gasteiger partial charge on any atom is -0.441 e. The van der Waals surface area contributed by atoms with Gasteiger partial charge in [0.05, 0.1) is 12.1 Å². The van der Waals surface area contributed by atoms with E-state index >= 15 is 0 Å². The Morgan fingerprint density at radius 2 is 1.76 bits per heavy atom. The molecular formula is C21H22N2O2. The first-order valence-electron chi connectivity index (χ1n) is 8.46. The van der Waals surface area contributed by atoms with E-state index < -0.39 is 0 Å². The van der Waals surface area contributed by atoms with Gasteiger partial charge < -0.3 is 9.73 Å². The number of nitrogens with zero attached hydrogens (tertiary/aromatic N) is 1. The molecule has 0 saturated heterocycles. The molecule has 0 radical (unpaired) electrons. The fourth-order valence-corrected chi connectivity index (χ4v) is 2.64. The minimum atomic E-state index is 0.0195. The number of carbonyl (C=O) groups excluding carboxylic acids is 1. The van der Waals surface area contributed by atoms with Crippen molar-refractivity contribution >= 4 is 5.91 Å². The molecule has 3 aromatic rings. The third kappa shape index (κ3) is 4.57. The van der Waals surface area contributed by atoms with Crippen LogP contribution in [0.2, 0.25) is 0 Å². The molecule has 0 atom stereocenters. The van der Waals surface area contributed by atoms with Gasteiger partial charge in [0.15, 0.2) is 0 Å². The van der Waals surface area contributed by atoms with Gasteiger partial charge in [-0.2, -0.15) is 0 Å². The third-order valence-corrected chi connectivity index (χ3v) is 4.08. The van der Waals surface area contributed by atoms with Crippen molar-refractivity contribution in [2.75, 3.05) is 6.54 Å². The summed E-state index contributed by atoms with van der Waals surface area (Å²) in [7, 11) is 0. The summed E-state index contributed by atoms with van der Waals surface area (Å²) in [4.78, 5) is 16.6. The average Bonchev–Trinajstić information content (AvgIpc) is 2.97. The van der Waals surface area contributed by atoms with E-state index in [9.17, 15) is 4.79 Å². The van der Waals surface area contributed by atoms with Gasteiger partial charge in [-0.1, -0.05) is 48.0 Å². The SMILES string of the molecule is Cc1ccc(-c2nc(CCNC(=O)Cc3ccccc3)c(C)o2)cc1. The smallest absolute Gasteiger partial charge is 0.226 e. The lowest BCUT2D eigenvalue weighted by molar-refractivity contribution is -0.120. The van der Waals surface area contributed by atoms with Crippen molar-refractivity contribution in [2.45, 2.75) is 26.7 Å². The number of carbonyl (C=O) groups is 1.